The number of nitrogens with one attached hydrogen (secondary N) is 1. The molecule has 1 fully saturated rings. The van der Waals surface area contributed by atoms with Crippen LogP contribution in [0.2, 0.25) is 5.02 Å². The van der Waals surface area contributed by atoms with Crippen LogP contribution in [0.1, 0.15) is 39.2 Å². The Balaban J connectivity index is 1.57. The van der Waals surface area contributed by atoms with Gasteiger partial charge in [0.1, 0.15) is 11.2 Å². The van der Waals surface area contributed by atoms with Gasteiger partial charge in [0, 0.05) is 17.7 Å². The van der Waals surface area contributed by atoms with Crippen molar-refractivity contribution in [3.05, 3.63) is 53.1 Å². The molecule has 1 aliphatic rings. The molecule has 0 spiro atoms. The fourth-order valence-corrected chi connectivity index (χ4v) is 3.84. The zero-order chi connectivity index (χ0) is 27.7. The first kappa shape index (κ1) is 27.6. The molecule has 202 valence electrons. The minimum atomic E-state index is -4.68. The van der Waals surface area contributed by atoms with Gasteiger partial charge in [-0.05, 0) is 81.5 Å². The molecule has 0 saturated heterocycles. The van der Waals surface area contributed by atoms with E-state index in [1.807, 2.05) is 24.3 Å². The van der Waals surface area contributed by atoms with Crippen molar-refractivity contribution in [3.8, 4) is 34.5 Å². The quantitative estimate of drug-likeness (QED) is 0.340. The lowest BCUT2D eigenvalue weighted by Crippen LogP contribution is -2.46. The maximum absolute atomic E-state index is 13.2. The molecule has 0 aliphatic heterocycles. The number of hydrogen-bond acceptors (Lipinski definition) is 6. The molecule has 1 amide bonds. The molecular formula is C27H28ClF3N4O3. The highest BCUT2D eigenvalue weighted by Crippen LogP contribution is 2.38. The van der Waals surface area contributed by atoms with Crippen LogP contribution in [-0.2, 0) is 11.3 Å². The molecule has 0 unspecified atom stereocenters. The molecule has 1 heterocycles. The Bertz CT molecular complexity index is 1310. The van der Waals surface area contributed by atoms with Gasteiger partial charge in [0.2, 0.25) is 5.91 Å². The second-order valence-corrected chi connectivity index (χ2v) is 10.2. The normalized spacial score (nSPS) is 14.6. The summed E-state index contributed by atoms with van der Waals surface area (Å²) in [5.74, 6) is 0.777. The maximum Gasteiger partial charge on any atom is 0.402 e. The molecule has 1 N–H and O–H groups in total. The number of aromatic nitrogens is 3. The van der Waals surface area contributed by atoms with Gasteiger partial charge in [-0.2, -0.15) is 23.1 Å². The molecule has 0 radical (unpaired) electrons. The molecule has 7 nitrogen and oxygen atoms in total. The van der Waals surface area contributed by atoms with Gasteiger partial charge in [-0.3, -0.25) is 4.79 Å². The molecule has 11 heteroatoms. The third-order valence-corrected chi connectivity index (χ3v) is 6.85. The zero-order valence-electron chi connectivity index (χ0n) is 21.4. The smallest absolute Gasteiger partial charge is 0.402 e. The Hall–Kier alpha value is -3.40. The molecule has 1 aliphatic carbocycles. The Morgan fingerprint density at radius 1 is 1.08 bits per heavy atom. The third kappa shape index (κ3) is 6.18. The molecule has 0 bridgehead atoms. The van der Waals surface area contributed by atoms with E-state index in [9.17, 15) is 18.0 Å². The van der Waals surface area contributed by atoms with Crippen LogP contribution in [0.15, 0.2) is 42.5 Å². The Morgan fingerprint density at radius 3 is 2.34 bits per heavy atom. The Labute approximate surface area is 223 Å². The van der Waals surface area contributed by atoms with Gasteiger partial charge in [0.15, 0.2) is 11.6 Å². The number of halogens is 4. The summed E-state index contributed by atoms with van der Waals surface area (Å²) in [6, 6.07) is 12.2. The number of rotatable bonds is 9. The topological polar surface area (TPSA) is 86.2 Å². The van der Waals surface area contributed by atoms with Crippen LogP contribution in [0.25, 0.3) is 22.8 Å². The van der Waals surface area contributed by atoms with E-state index in [1.54, 1.807) is 18.2 Å². The summed E-state index contributed by atoms with van der Waals surface area (Å²) < 4.78 is 50.8. The van der Waals surface area contributed by atoms with Crippen LogP contribution in [0.3, 0.4) is 0 Å². The third-order valence-electron chi connectivity index (χ3n) is 6.52. The Morgan fingerprint density at radius 2 is 1.74 bits per heavy atom. The molecule has 3 aromatic rings. The second-order valence-electron chi connectivity index (χ2n) is 9.77. The van der Waals surface area contributed by atoms with Crippen molar-refractivity contribution in [1.82, 2.24) is 20.3 Å². The number of alkyl halides is 3. The molecule has 2 aromatic carbocycles. The number of carbonyl (C=O) groups is 1. The van der Waals surface area contributed by atoms with Crippen LogP contribution < -0.4 is 14.8 Å². The average molecular weight is 549 g/mol. The van der Waals surface area contributed by atoms with Gasteiger partial charge in [-0.1, -0.05) is 17.7 Å². The fourth-order valence-electron chi connectivity index (χ4n) is 3.64. The van der Waals surface area contributed by atoms with Crippen LogP contribution in [0.5, 0.6) is 11.8 Å². The summed E-state index contributed by atoms with van der Waals surface area (Å²) in [6.07, 6.45) is -2.15. The molecule has 38 heavy (non-hydrogen) atoms. The summed E-state index contributed by atoms with van der Waals surface area (Å²) in [5.41, 5.74) is -0.904. The first-order valence-corrected chi connectivity index (χ1v) is 12.5. The van der Waals surface area contributed by atoms with Gasteiger partial charge < -0.3 is 14.8 Å². The second kappa shape index (κ2) is 10.8. The lowest BCUT2D eigenvalue weighted by Gasteiger charge is -2.26. The van der Waals surface area contributed by atoms with Gasteiger partial charge in [-0.15, -0.1) is 0 Å². The lowest BCUT2D eigenvalue weighted by molar-refractivity contribution is -0.211. The van der Waals surface area contributed by atoms with E-state index in [4.69, 9.17) is 21.1 Å². The molecule has 1 saturated carbocycles. The predicted octanol–water partition coefficient (Wildman–Crippen LogP) is 6.25. The van der Waals surface area contributed by atoms with Gasteiger partial charge in [0.25, 0.3) is 0 Å². The van der Waals surface area contributed by atoms with Crippen molar-refractivity contribution in [2.45, 2.75) is 52.4 Å². The van der Waals surface area contributed by atoms with Crippen LogP contribution in [0, 0.1) is 11.3 Å². The number of methoxy groups -OCH3 is 1. The van der Waals surface area contributed by atoms with E-state index in [-0.39, 0.29) is 24.5 Å². The first-order valence-electron chi connectivity index (χ1n) is 12.1. The van der Waals surface area contributed by atoms with E-state index >= 15 is 0 Å². The number of carbonyl (C=O) groups excluding carboxylic acids is 1. The average Bonchev–Trinajstić information content (AvgIpc) is 3.73. The number of ether oxygens (including phenoxy) is 2. The van der Waals surface area contributed by atoms with Crippen molar-refractivity contribution < 1.29 is 27.4 Å². The van der Waals surface area contributed by atoms with Crippen LogP contribution in [0.4, 0.5) is 13.2 Å². The highest BCUT2D eigenvalue weighted by Gasteiger charge is 2.52. The van der Waals surface area contributed by atoms with E-state index < -0.39 is 17.5 Å². The fraction of sp³-hybridized carbons (Fsp3) is 0.407. The molecular weight excluding hydrogens is 521 g/mol. The summed E-state index contributed by atoms with van der Waals surface area (Å²) in [7, 11) is 1.43. The van der Waals surface area contributed by atoms with E-state index in [0.29, 0.717) is 33.5 Å². The number of nitrogens with zero attached hydrogens (tertiary/aromatic N) is 3. The molecule has 4 rings (SSSR count). The van der Waals surface area contributed by atoms with Gasteiger partial charge in [-0.25, -0.2) is 4.98 Å². The van der Waals surface area contributed by atoms with Crippen LogP contribution >= 0.6 is 11.6 Å². The summed E-state index contributed by atoms with van der Waals surface area (Å²) in [4.78, 5) is 25.4. The van der Waals surface area contributed by atoms with E-state index in [2.05, 4.69) is 27.2 Å². The number of hydrogen-bond donors (Lipinski definition) is 1. The van der Waals surface area contributed by atoms with Crippen molar-refractivity contribution in [2.75, 3.05) is 7.11 Å². The van der Waals surface area contributed by atoms with E-state index in [0.717, 1.165) is 19.6 Å². The zero-order valence-corrected chi connectivity index (χ0v) is 22.2. The van der Waals surface area contributed by atoms with Crippen molar-refractivity contribution in [1.29, 1.82) is 0 Å². The predicted molar refractivity (Wildman–Crippen MR) is 137 cm³/mol. The number of amides is 1. The first-order chi connectivity index (χ1) is 17.9. The summed E-state index contributed by atoms with van der Waals surface area (Å²) >= 11 is 6.43. The van der Waals surface area contributed by atoms with E-state index in [1.165, 1.54) is 20.0 Å². The van der Waals surface area contributed by atoms with Crippen molar-refractivity contribution in [3.63, 3.8) is 0 Å². The minimum absolute atomic E-state index is 0.0642. The van der Waals surface area contributed by atoms with Gasteiger partial charge in [0.05, 0.1) is 18.2 Å². The lowest BCUT2D eigenvalue weighted by atomic mass is 9.91. The standard InChI is InChI=1S/C27H28ClF3N4O3/c1-15(17-6-7-17)38-19-10-8-18(9-11-19)22-33-23(35-25(34-22)37-4)20-13-16(5-12-21(20)28)14-32-24(36)26(2,3)27(29,30)31/h5,8-13,15,17H,6-7,14H2,1-4H3,(H,32,36)/t15-/m1/s1. The largest absolute Gasteiger partial charge is 0.490 e. The monoisotopic (exact) mass is 548 g/mol. The van der Waals surface area contributed by atoms with Crippen molar-refractivity contribution in [2.24, 2.45) is 11.3 Å². The highest BCUT2D eigenvalue weighted by atomic mass is 35.5. The molecule has 1 atom stereocenters. The maximum atomic E-state index is 13.2. The Kier molecular flexibility index (Phi) is 7.83. The minimum Gasteiger partial charge on any atom is -0.490 e. The summed E-state index contributed by atoms with van der Waals surface area (Å²) in [6.45, 7) is 3.59. The van der Waals surface area contributed by atoms with Crippen molar-refractivity contribution >= 4 is 17.5 Å². The number of benzene rings is 2. The van der Waals surface area contributed by atoms with Gasteiger partial charge >= 0.3 is 12.2 Å². The SMILES string of the molecule is COc1nc(-c2ccc(O[C@H](C)C3CC3)cc2)nc(-c2cc(CNC(=O)C(C)(C)C(F)(F)F)ccc2Cl)n1. The molecule has 1 aromatic heterocycles. The summed E-state index contributed by atoms with van der Waals surface area (Å²) in [5, 5.41) is 2.65. The van der Waals surface area contributed by atoms with Crippen LogP contribution in [-0.4, -0.2) is 40.2 Å². The highest BCUT2D eigenvalue weighted by molar-refractivity contribution is 6.33.